The fourth-order valence-electron chi connectivity index (χ4n) is 15.4. The van der Waals surface area contributed by atoms with Crippen molar-refractivity contribution in [3.63, 3.8) is 0 Å². The van der Waals surface area contributed by atoms with E-state index in [1.165, 1.54) is 53.4 Å². The first-order valence-electron chi connectivity index (χ1n) is 47.1. The number of carboxylic acid groups (broad SMARTS) is 1. The van der Waals surface area contributed by atoms with Crippen LogP contribution in [0.3, 0.4) is 0 Å². The Balaban J connectivity index is 1.62. The molecule has 2 aliphatic heterocycles. The summed E-state index contributed by atoms with van der Waals surface area (Å²) >= 11 is 0. The van der Waals surface area contributed by atoms with Crippen LogP contribution in [0.25, 0.3) is 10.8 Å². The molecule has 6 rings (SSSR count). The highest BCUT2D eigenvalue weighted by Crippen LogP contribution is 2.27. The number of benzene rings is 4. The Morgan fingerprint density at radius 3 is 1.34 bits per heavy atom. The van der Waals surface area contributed by atoms with Crippen LogP contribution in [0.1, 0.15) is 145 Å². The summed E-state index contributed by atoms with van der Waals surface area (Å²) in [6.45, 7) is -0.423. The molecule has 0 aliphatic carbocycles. The molecule has 0 spiro atoms. The first-order valence-corrected chi connectivity index (χ1v) is 49.6. The Kier molecular flexibility index (Phi) is 51.4. The van der Waals surface area contributed by atoms with Crippen molar-refractivity contribution in [1.82, 2.24) is 79.3 Å². The van der Waals surface area contributed by atoms with Gasteiger partial charge in [0.25, 0.3) is 0 Å². The van der Waals surface area contributed by atoms with Crippen LogP contribution in [0, 0.1) is 0 Å². The molecule has 143 heavy (non-hydrogen) atoms. The number of primary amides is 2. The minimum Gasteiger partial charge on any atom is -0.508 e. The first kappa shape index (κ1) is 117. The molecule has 17 amide bonds. The van der Waals surface area contributed by atoms with E-state index in [4.69, 9.17) is 74.5 Å². The van der Waals surface area contributed by atoms with Crippen LogP contribution in [0.5, 0.6) is 11.5 Å². The maximum absolute atomic E-state index is 16.0. The maximum atomic E-state index is 16.0. The molecule has 2 heterocycles. The zero-order valence-corrected chi connectivity index (χ0v) is 81.3. The number of carbonyl (C=O) groups excluding carboxylic acids is 15. The number of nitrogens with two attached hydrogens (primary N) is 13. The van der Waals surface area contributed by atoms with Crippen molar-refractivity contribution in [2.75, 3.05) is 70.4 Å². The van der Waals surface area contributed by atoms with Gasteiger partial charge in [0.15, 0.2) is 23.8 Å². The summed E-state index contributed by atoms with van der Waals surface area (Å²) in [5, 5.41) is 70.1. The molecule has 0 unspecified atom stereocenters. The third-order valence-corrected chi connectivity index (χ3v) is 25.3. The Bertz CT molecular complexity index is 5030. The molecule has 4 aromatic carbocycles. The predicted octanol–water partition coefficient (Wildman–Crippen LogP) is -6.74. The number of carbonyl (C=O) groups is 16. The molecule has 51 nitrogen and oxygen atoms in total. The molecule has 2 aliphatic rings. The monoisotopic (exact) mass is 2040 g/mol. The van der Waals surface area contributed by atoms with Crippen LogP contribution < -0.4 is 149 Å². The number of amides is 17. The molecule has 14 atom stereocenters. The van der Waals surface area contributed by atoms with Gasteiger partial charge in [-0.25, -0.2) is 14.4 Å². The first-order chi connectivity index (χ1) is 68.2. The van der Waals surface area contributed by atoms with Crippen LogP contribution in [-0.2, 0) is 86.4 Å². The molecule has 53 heteroatoms. The number of aliphatic carboxylic acids is 1. The third kappa shape index (κ3) is 43.7. The Morgan fingerprint density at radius 1 is 0.420 bits per heavy atom. The molecule has 2 fully saturated rings. The molecule has 786 valence electrons. The number of phenols is 2. The van der Waals surface area contributed by atoms with Gasteiger partial charge in [0, 0.05) is 76.6 Å². The number of nitrogens with zero attached hydrogens (tertiary/aromatic N) is 5. The summed E-state index contributed by atoms with van der Waals surface area (Å²) in [5.74, 6) is -17.6. The summed E-state index contributed by atoms with van der Waals surface area (Å²) in [4.78, 5) is 254. The van der Waals surface area contributed by atoms with Crippen LogP contribution >= 0.6 is 21.6 Å². The number of hydrogen-bond donors (Lipinski definition) is 30. The number of nitrogens with one attached hydrogen (secondary N) is 14. The highest BCUT2D eigenvalue weighted by Gasteiger charge is 2.43. The number of carboxylic acids is 1. The molecule has 0 bridgehead atoms. The fourth-order valence-corrected chi connectivity index (χ4v) is 17.7. The van der Waals surface area contributed by atoms with Gasteiger partial charge in [0.1, 0.15) is 90.0 Å². The van der Waals surface area contributed by atoms with Gasteiger partial charge in [-0.2, -0.15) is 0 Å². The predicted molar refractivity (Wildman–Crippen MR) is 539 cm³/mol. The van der Waals surface area contributed by atoms with Gasteiger partial charge in [-0.15, -0.1) is 0 Å². The van der Waals surface area contributed by atoms with Gasteiger partial charge in [0.2, 0.25) is 76.8 Å². The van der Waals surface area contributed by atoms with E-state index in [1.54, 1.807) is 36.4 Å². The average Bonchev–Trinajstić information content (AvgIpc) is 1.72. The number of aromatic hydroxyl groups is 2. The lowest BCUT2D eigenvalue weighted by atomic mass is 10.00. The van der Waals surface area contributed by atoms with Crippen molar-refractivity contribution in [2.45, 2.75) is 232 Å². The molecule has 0 aromatic heterocycles. The van der Waals surface area contributed by atoms with Crippen molar-refractivity contribution in [3.05, 3.63) is 108 Å². The molecule has 4 aromatic rings. The minimum absolute atomic E-state index is 0.00530. The summed E-state index contributed by atoms with van der Waals surface area (Å²) in [6.07, 6.45) is -1.63. The zero-order valence-electron chi connectivity index (χ0n) is 79.7. The Hall–Kier alpha value is -14.5. The van der Waals surface area contributed by atoms with Gasteiger partial charge < -0.3 is 169 Å². The van der Waals surface area contributed by atoms with Gasteiger partial charge in [-0.1, -0.05) is 88.3 Å². The maximum Gasteiger partial charge on any atom is 0.326 e. The highest BCUT2D eigenvalue weighted by atomic mass is 33.1. The van der Waals surface area contributed by atoms with Crippen molar-refractivity contribution >= 4 is 151 Å². The lowest BCUT2D eigenvalue weighted by Crippen LogP contribution is -2.61. The quantitative estimate of drug-likeness (QED) is 0.00846. The largest absolute Gasteiger partial charge is 0.508 e. The number of phenolic OH excluding ortho intramolecular Hbond substituents is 2. The van der Waals surface area contributed by atoms with Crippen molar-refractivity contribution in [2.24, 2.45) is 94.5 Å². The van der Waals surface area contributed by atoms with Gasteiger partial charge in [0.05, 0.1) is 6.04 Å². The second-order valence-corrected chi connectivity index (χ2v) is 36.8. The van der Waals surface area contributed by atoms with Gasteiger partial charge in [-0.3, -0.25) is 82.3 Å². The van der Waals surface area contributed by atoms with Gasteiger partial charge in [-0.05, 0) is 193 Å². The average molecular weight is 2040 g/mol. The lowest BCUT2D eigenvalue weighted by Gasteiger charge is -2.31. The van der Waals surface area contributed by atoms with Crippen LogP contribution in [0.2, 0.25) is 0 Å². The van der Waals surface area contributed by atoms with Gasteiger partial charge >= 0.3 is 18.0 Å². The molecular formula is C90H140N32O19S2. The minimum atomic E-state index is -1.91. The van der Waals surface area contributed by atoms with Crippen molar-refractivity contribution in [3.8, 4) is 11.5 Å². The van der Waals surface area contributed by atoms with E-state index in [0.717, 1.165) is 27.0 Å². The Morgan fingerprint density at radius 2 is 0.839 bits per heavy atom. The number of unbranched alkanes of at least 4 members (excludes halogenated alkanes) is 2. The number of fused-ring (bicyclic) bond motifs is 2. The second-order valence-electron chi connectivity index (χ2n) is 34.3. The lowest BCUT2D eigenvalue weighted by molar-refractivity contribution is -0.142. The summed E-state index contributed by atoms with van der Waals surface area (Å²) in [5.41, 5.74) is 75.3. The van der Waals surface area contributed by atoms with E-state index >= 15 is 57.5 Å². The molecule has 2 saturated heterocycles. The molecular weight excluding hydrogens is 1900 g/mol. The fraction of sp³-hybridized carbons (Fsp3) is 0.533. The van der Waals surface area contributed by atoms with Crippen molar-refractivity contribution < 1.29 is 92.0 Å². The zero-order chi connectivity index (χ0) is 105. The summed E-state index contributed by atoms with van der Waals surface area (Å²) < 4.78 is 0. The smallest absolute Gasteiger partial charge is 0.326 e. The molecule has 0 radical (unpaired) electrons. The van der Waals surface area contributed by atoms with Crippen LogP contribution in [0.4, 0.5) is 9.59 Å². The molecule has 43 N–H and O–H groups in total. The number of hydrogen-bond acceptors (Lipinski definition) is 27. The summed E-state index contributed by atoms with van der Waals surface area (Å²) in [6, 6.07) is -1.51. The number of urea groups is 2. The Labute approximate surface area is 834 Å². The van der Waals surface area contributed by atoms with E-state index in [-0.39, 0.29) is 222 Å². The van der Waals surface area contributed by atoms with E-state index in [9.17, 15) is 34.5 Å². The highest BCUT2D eigenvalue weighted by molar-refractivity contribution is 8.76. The number of aliphatic imine (C=N–C) groups is 4. The van der Waals surface area contributed by atoms with E-state index < -0.39 is 204 Å². The van der Waals surface area contributed by atoms with Crippen molar-refractivity contribution in [1.29, 1.82) is 0 Å². The summed E-state index contributed by atoms with van der Waals surface area (Å²) in [7, 11) is 1.46. The topological polar surface area (TPSA) is 893 Å². The second kappa shape index (κ2) is 62.6. The normalized spacial score (nSPS) is 20.2. The van der Waals surface area contributed by atoms with E-state index in [2.05, 4.69) is 94.4 Å². The third-order valence-electron chi connectivity index (χ3n) is 22.9. The van der Waals surface area contributed by atoms with E-state index in [0.29, 0.717) is 29.4 Å². The standard InChI is InChI=1S/C90H140N32O19S2/c91-35-5-3-17-58-74(128)115-63(18-4-6-36-92)83(137)122-43-13-24-70(122)82(136)119-66(46-51-28-33-56(124)34-29-51)78(132)114-61(20-9-39-106-87(98)99)73(127)112-62(22-11-42-109-90(103)141)76(130)120-68(80(134)116-64(84(138)139)23-12-40-107-88(100)101)48-142-143-49-69(81(135)118-65(45-50-26-31-55(123)32-27-50)77(131)113-60(72(126)111-58)19-8-38-105-86(96)97)121-79(133)67(47-52-25-30-53-14-1-2-15-54(53)44-52)117-75(129)59(21-10-41-108-89(102)140)110-71(125)57(93)16-7-37-104-85(94)95/h1-2,14-15,25-34,44,57-70,123-124H,3-13,16-24,35-43,45-49,91-93H2,(H,110,125)(H,111,126)(H,112,127)(H,113,131)(H,114,132)(H,115,128)(H,116,134)(H,117,129)(H,118,135)(H,119,136)(H,120,130)(H,121,133)(H,138,139)(H4,94,95,104)(H4,96,97,105)(H4,98,99,106)(H4,100,101,107)(H3,102,108,140)(H3,103,109,141)/t57-,58-,59-,60-,61-,62-,63+,64-,65-,66-,67-,68-,69-,70-/m0/s1. The van der Waals surface area contributed by atoms with Crippen LogP contribution in [-0.4, -0.2) is 294 Å². The SMILES string of the molecule is NCCCC[C@@H]1NC(=O)[C@H](CCCN=C(N)N)NC(=O)[C@H](Cc2ccc(O)cc2)NC(=O)[C@@H](NC(=O)[C@H](Cc2ccc3ccccc3c2)NC(=O)[C@H](CCCNC(N)=O)NC(=O)[C@@H](N)CCCN=C(N)N)CSSC[C@@H](C(=O)N[C@@H](CCCN=C(N)N)C(=O)O)NC(=O)[C@H](CCCNC(N)=O)NC(=O)[C@H](CCCN=C(N)N)NC(=O)[C@H](Cc2ccc(O)cc2)NC(=O)[C@@H]2CCCN2C(=O)[C@@H](CCCCN)NC1=O. The van der Waals surface area contributed by atoms with E-state index in [1.807, 2.05) is 6.07 Å². The van der Waals surface area contributed by atoms with Crippen LogP contribution in [0.15, 0.2) is 111 Å². The molecule has 0 saturated carbocycles. The number of rotatable bonds is 47. The number of guanidine groups is 4.